The summed E-state index contributed by atoms with van der Waals surface area (Å²) in [6.07, 6.45) is 0. The van der Waals surface area contributed by atoms with Gasteiger partial charge in [-0.2, -0.15) is 0 Å². The van der Waals surface area contributed by atoms with E-state index < -0.39 is 0 Å². The molecule has 0 aliphatic carbocycles. The van der Waals surface area contributed by atoms with Crippen molar-refractivity contribution in [1.82, 2.24) is 9.97 Å². The Kier molecular flexibility index (Phi) is 3.91. The highest BCUT2D eigenvalue weighted by Gasteiger charge is 2.14. The number of rotatable bonds is 1. The van der Waals surface area contributed by atoms with Crippen LogP contribution in [-0.2, 0) is 0 Å². The third-order valence-corrected chi connectivity index (χ3v) is 4.83. The van der Waals surface area contributed by atoms with Gasteiger partial charge in [0.15, 0.2) is 5.82 Å². The lowest BCUT2D eigenvalue weighted by Crippen LogP contribution is -1.95. The van der Waals surface area contributed by atoms with Crippen molar-refractivity contribution in [3.63, 3.8) is 0 Å². The second-order valence-corrected chi connectivity index (χ2v) is 6.45. The Morgan fingerprint density at radius 3 is 2.48 bits per heavy atom. The van der Waals surface area contributed by atoms with Crippen LogP contribution >= 0.6 is 39.1 Å². The summed E-state index contributed by atoms with van der Waals surface area (Å²) in [4.78, 5) is 9.07. The first-order valence-electron chi connectivity index (χ1n) is 6.37. The van der Waals surface area contributed by atoms with E-state index in [9.17, 15) is 0 Å². The number of aryl methyl sites for hydroxylation is 2. The Balaban J connectivity index is 2.36. The van der Waals surface area contributed by atoms with Gasteiger partial charge in [-0.1, -0.05) is 41.4 Å². The Morgan fingerprint density at radius 2 is 1.71 bits per heavy atom. The first-order chi connectivity index (χ1) is 9.99. The molecule has 106 valence electrons. The van der Waals surface area contributed by atoms with E-state index in [0.717, 1.165) is 32.1 Å². The molecule has 0 N–H and O–H groups in total. The summed E-state index contributed by atoms with van der Waals surface area (Å²) in [5.74, 6) is 0.544. The van der Waals surface area contributed by atoms with Crippen molar-refractivity contribution in [3.05, 3.63) is 56.1 Å². The highest BCUT2D eigenvalue weighted by molar-refractivity contribution is 9.10. The van der Waals surface area contributed by atoms with Crippen molar-refractivity contribution >= 4 is 50.0 Å². The fraction of sp³-hybridized carbons (Fsp3) is 0.125. The standard InChI is InChI=1S/C16H11BrCl2N2/c1-8-4-3-5-10(13(8)18)16-20-14-9(2)6-7-11(17)12(14)15(19)21-16/h3-7H,1-2H3. The minimum absolute atomic E-state index is 0.420. The van der Waals surface area contributed by atoms with Crippen molar-refractivity contribution in [2.45, 2.75) is 13.8 Å². The van der Waals surface area contributed by atoms with Crippen LogP contribution in [0.3, 0.4) is 0 Å². The van der Waals surface area contributed by atoms with Crippen LogP contribution in [0.2, 0.25) is 10.2 Å². The Morgan fingerprint density at radius 1 is 0.952 bits per heavy atom. The molecular weight excluding hydrogens is 371 g/mol. The molecule has 2 aromatic carbocycles. The van der Waals surface area contributed by atoms with Gasteiger partial charge in [-0.05, 0) is 53.0 Å². The number of nitrogens with zero attached hydrogens (tertiary/aromatic N) is 2. The zero-order valence-corrected chi connectivity index (χ0v) is 14.5. The van der Waals surface area contributed by atoms with E-state index in [1.807, 2.05) is 44.2 Å². The number of aromatic nitrogens is 2. The fourth-order valence-corrected chi connectivity index (χ4v) is 3.34. The van der Waals surface area contributed by atoms with Crippen molar-refractivity contribution in [3.8, 4) is 11.4 Å². The first kappa shape index (κ1) is 14.8. The number of hydrogen-bond acceptors (Lipinski definition) is 2. The molecule has 1 aromatic heterocycles. The maximum absolute atomic E-state index is 6.37. The molecular formula is C16H11BrCl2N2. The Labute approximate surface area is 141 Å². The van der Waals surface area contributed by atoms with Crippen molar-refractivity contribution in [1.29, 1.82) is 0 Å². The molecule has 2 nitrogen and oxygen atoms in total. The van der Waals surface area contributed by atoms with E-state index in [-0.39, 0.29) is 0 Å². The molecule has 0 bridgehead atoms. The normalized spacial score (nSPS) is 11.1. The summed E-state index contributed by atoms with van der Waals surface area (Å²) in [5, 5.41) is 1.90. The second-order valence-electron chi connectivity index (χ2n) is 4.86. The Hall–Kier alpha value is -1.16. The maximum Gasteiger partial charge on any atom is 0.163 e. The zero-order chi connectivity index (χ0) is 15.1. The van der Waals surface area contributed by atoms with E-state index in [2.05, 4.69) is 25.9 Å². The van der Waals surface area contributed by atoms with Gasteiger partial charge in [0.05, 0.1) is 15.9 Å². The van der Waals surface area contributed by atoms with Crippen LogP contribution in [0.1, 0.15) is 11.1 Å². The molecule has 0 atom stereocenters. The van der Waals surface area contributed by atoms with Crippen LogP contribution in [-0.4, -0.2) is 9.97 Å². The first-order valence-corrected chi connectivity index (χ1v) is 7.92. The summed E-state index contributed by atoms with van der Waals surface area (Å²) in [5.41, 5.74) is 3.65. The lowest BCUT2D eigenvalue weighted by Gasteiger charge is -2.10. The van der Waals surface area contributed by atoms with Gasteiger partial charge < -0.3 is 0 Å². The smallest absolute Gasteiger partial charge is 0.163 e. The average molecular weight is 382 g/mol. The minimum Gasteiger partial charge on any atom is -0.228 e. The summed E-state index contributed by atoms with van der Waals surface area (Å²) >= 11 is 16.2. The quantitative estimate of drug-likeness (QED) is 0.484. The molecule has 0 fully saturated rings. The molecule has 0 unspecified atom stereocenters. The second kappa shape index (κ2) is 5.56. The largest absolute Gasteiger partial charge is 0.228 e. The van der Waals surface area contributed by atoms with E-state index in [1.54, 1.807) is 0 Å². The van der Waals surface area contributed by atoms with Crippen molar-refractivity contribution in [2.24, 2.45) is 0 Å². The van der Waals surface area contributed by atoms with Gasteiger partial charge in [-0.25, -0.2) is 9.97 Å². The summed E-state index contributed by atoms with van der Waals surface area (Å²) in [6, 6.07) is 9.74. The third-order valence-electron chi connectivity index (χ3n) is 3.39. The highest BCUT2D eigenvalue weighted by Crippen LogP contribution is 2.34. The van der Waals surface area contributed by atoms with Crippen LogP contribution < -0.4 is 0 Å². The van der Waals surface area contributed by atoms with Crippen LogP contribution in [0.25, 0.3) is 22.3 Å². The van der Waals surface area contributed by atoms with E-state index in [0.29, 0.717) is 16.0 Å². The molecule has 0 amide bonds. The van der Waals surface area contributed by atoms with Crippen LogP contribution in [0.4, 0.5) is 0 Å². The summed E-state index contributed by atoms with van der Waals surface area (Å²) < 4.78 is 0.884. The SMILES string of the molecule is Cc1cccc(-c2nc(Cl)c3c(Br)ccc(C)c3n2)c1Cl. The number of benzene rings is 2. The van der Waals surface area contributed by atoms with Crippen molar-refractivity contribution < 1.29 is 0 Å². The van der Waals surface area contributed by atoms with Gasteiger partial charge in [-0.3, -0.25) is 0 Å². The predicted molar refractivity (Wildman–Crippen MR) is 92.2 cm³/mol. The van der Waals surface area contributed by atoms with E-state index in [4.69, 9.17) is 23.2 Å². The molecule has 3 rings (SSSR count). The van der Waals surface area contributed by atoms with Crippen LogP contribution in [0, 0.1) is 13.8 Å². The third kappa shape index (κ3) is 2.54. The highest BCUT2D eigenvalue weighted by atomic mass is 79.9. The molecule has 0 saturated heterocycles. The number of fused-ring (bicyclic) bond motifs is 1. The van der Waals surface area contributed by atoms with Gasteiger partial charge in [-0.15, -0.1) is 0 Å². The number of hydrogen-bond donors (Lipinski definition) is 0. The minimum atomic E-state index is 0.420. The fourth-order valence-electron chi connectivity index (χ4n) is 2.23. The molecule has 0 radical (unpaired) electrons. The van der Waals surface area contributed by atoms with Gasteiger partial charge in [0.1, 0.15) is 5.15 Å². The molecule has 0 spiro atoms. The van der Waals surface area contributed by atoms with Gasteiger partial charge in [0, 0.05) is 10.0 Å². The number of halogens is 3. The van der Waals surface area contributed by atoms with Crippen molar-refractivity contribution in [2.75, 3.05) is 0 Å². The molecule has 0 saturated carbocycles. The van der Waals surface area contributed by atoms with Gasteiger partial charge >= 0.3 is 0 Å². The monoisotopic (exact) mass is 380 g/mol. The van der Waals surface area contributed by atoms with Crippen LogP contribution in [0.5, 0.6) is 0 Å². The lowest BCUT2D eigenvalue weighted by atomic mass is 10.1. The topological polar surface area (TPSA) is 25.8 Å². The van der Waals surface area contributed by atoms with Gasteiger partial charge in [0.2, 0.25) is 0 Å². The molecule has 0 aliphatic rings. The molecule has 0 aliphatic heterocycles. The van der Waals surface area contributed by atoms with Crippen LogP contribution in [0.15, 0.2) is 34.8 Å². The average Bonchev–Trinajstić information content (AvgIpc) is 2.45. The lowest BCUT2D eigenvalue weighted by molar-refractivity contribution is 1.21. The predicted octanol–water partition coefficient (Wildman–Crippen LogP) is 5.98. The van der Waals surface area contributed by atoms with Gasteiger partial charge in [0.25, 0.3) is 0 Å². The molecule has 1 heterocycles. The van der Waals surface area contributed by atoms with E-state index in [1.165, 1.54) is 0 Å². The molecule has 5 heteroatoms. The Bertz CT molecular complexity index is 863. The molecule has 3 aromatic rings. The summed E-state index contributed by atoms with van der Waals surface area (Å²) in [7, 11) is 0. The zero-order valence-electron chi connectivity index (χ0n) is 11.4. The maximum atomic E-state index is 6.37. The summed E-state index contributed by atoms with van der Waals surface area (Å²) in [6.45, 7) is 3.95. The van der Waals surface area contributed by atoms with E-state index >= 15 is 0 Å². The molecule has 21 heavy (non-hydrogen) atoms.